The first-order valence-corrected chi connectivity index (χ1v) is 14.1. The number of hydrogen-bond acceptors (Lipinski definition) is 8. The third-order valence-corrected chi connectivity index (χ3v) is 8.66. The molecule has 3 aromatic heterocycles. The maximum Gasteiger partial charge on any atom is 0.433 e. The molecule has 0 amide bonds. The number of aromatic nitrogens is 4. The van der Waals surface area contributed by atoms with Crippen LogP contribution in [-0.4, -0.2) is 58.7 Å². The Balaban J connectivity index is 1.40. The zero-order chi connectivity index (χ0) is 27.5. The van der Waals surface area contributed by atoms with Crippen molar-refractivity contribution < 1.29 is 13.2 Å². The Labute approximate surface area is 232 Å². The molecule has 5 heterocycles. The lowest BCUT2D eigenvalue weighted by molar-refractivity contribution is -0.140. The van der Waals surface area contributed by atoms with E-state index in [1.54, 1.807) is 6.07 Å². The van der Waals surface area contributed by atoms with Crippen LogP contribution in [0.1, 0.15) is 24.7 Å². The fourth-order valence-corrected chi connectivity index (χ4v) is 6.39. The molecule has 5 N–H and O–H groups in total. The molecule has 0 saturated carbocycles. The quantitative estimate of drug-likeness (QED) is 0.280. The fraction of sp³-hybridized carbons (Fsp3) is 0.423. The molecule has 1 aromatic carbocycles. The Bertz CT molecular complexity index is 1550. The Morgan fingerprint density at radius 3 is 2.59 bits per heavy atom. The number of nitrogens with zero attached hydrogens (tertiary/aromatic N) is 5. The first kappa shape index (κ1) is 26.4. The second-order valence-electron chi connectivity index (χ2n) is 10.1. The molecule has 8 nitrogen and oxygen atoms in total. The number of anilines is 2. The summed E-state index contributed by atoms with van der Waals surface area (Å²) in [6.45, 7) is 5.17. The molecule has 0 radical (unpaired) electrons. The summed E-state index contributed by atoms with van der Waals surface area (Å²) in [5, 5.41) is 2.48. The third-order valence-electron chi connectivity index (χ3n) is 7.39. The highest BCUT2D eigenvalue weighted by Crippen LogP contribution is 2.40. The van der Waals surface area contributed by atoms with E-state index in [2.05, 4.69) is 14.9 Å². The largest absolute Gasteiger partial charge is 0.433 e. The van der Waals surface area contributed by atoms with E-state index in [9.17, 15) is 13.2 Å². The average molecular weight is 577 g/mol. The number of aromatic amines is 1. The van der Waals surface area contributed by atoms with Crippen LogP contribution in [0.2, 0.25) is 5.02 Å². The summed E-state index contributed by atoms with van der Waals surface area (Å²) in [6, 6.07) is 6.52. The Hall–Kier alpha value is -2.80. The minimum absolute atomic E-state index is 0.0459. The monoisotopic (exact) mass is 576 g/mol. The van der Waals surface area contributed by atoms with Crippen molar-refractivity contribution in [2.24, 2.45) is 17.4 Å². The molecule has 2 fully saturated rings. The minimum atomic E-state index is -4.56. The molecule has 1 atom stereocenters. The van der Waals surface area contributed by atoms with Crippen LogP contribution in [-0.2, 0) is 12.6 Å². The van der Waals surface area contributed by atoms with E-state index in [-0.39, 0.29) is 17.5 Å². The minimum Gasteiger partial charge on any atom is -0.370 e. The Morgan fingerprint density at radius 1 is 1.13 bits per heavy atom. The van der Waals surface area contributed by atoms with Crippen LogP contribution in [0, 0.1) is 5.92 Å². The number of pyridine rings is 1. The Kier molecular flexibility index (Phi) is 6.77. The zero-order valence-electron chi connectivity index (χ0n) is 21.2. The van der Waals surface area contributed by atoms with Crippen LogP contribution in [0.15, 0.2) is 34.3 Å². The molecule has 2 saturated heterocycles. The standard InChI is InChI=1S/C26H28ClF3N8S/c1-2-17-22(27)21-23(34-17)35-25(36-24(21)37-6-5-14(32)12-37)39-15-3-4-16-18(7-15)33-20(26(28,29)30)8-19(16)38-10-13(9-31)11-38/h3-4,7-8,13-14H,2,5-6,9-12,31-32H2,1H3,(H,34,35,36)/t14-/m1/s1. The van der Waals surface area contributed by atoms with Gasteiger partial charge in [-0.2, -0.15) is 13.2 Å². The van der Waals surface area contributed by atoms with E-state index in [0.717, 1.165) is 30.1 Å². The van der Waals surface area contributed by atoms with Crippen LogP contribution < -0.4 is 21.3 Å². The number of rotatable bonds is 6. The summed E-state index contributed by atoms with van der Waals surface area (Å²) in [6.07, 6.45) is -3.01. The van der Waals surface area contributed by atoms with Crippen molar-refractivity contribution in [3.63, 3.8) is 0 Å². The molecule has 0 spiro atoms. The lowest BCUT2D eigenvalue weighted by Crippen LogP contribution is -2.50. The topological polar surface area (TPSA) is 113 Å². The van der Waals surface area contributed by atoms with Gasteiger partial charge in [0.05, 0.1) is 15.9 Å². The second kappa shape index (κ2) is 9.99. The maximum absolute atomic E-state index is 13.7. The van der Waals surface area contributed by atoms with E-state index in [1.807, 2.05) is 24.0 Å². The van der Waals surface area contributed by atoms with Gasteiger partial charge in [-0.25, -0.2) is 15.0 Å². The molecule has 39 heavy (non-hydrogen) atoms. The number of H-pyrrole nitrogens is 1. The number of fused-ring (bicyclic) bond motifs is 2. The molecule has 6 rings (SSSR count). The van der Waals surface area contributed by atoms with E-state index in [0.29, 0.717) is 70.2 Å². The number of hydrogen-bond donors (Lipinski definition) is 3. The summed E-state index contributed by atoms with van der Waals surface area (Å²) in [5.41, 5.74) is 13.3. The van der Waals surface area contributed by atoms with Gasteiger partial charge in [-0.3, -0.25) is 0 Å². The van der Waals surface area contributed by atoms with Gasteiger partial charge in [-0.05, 0) is 55.4 Å². The van der Waals surface area contributed by atoms with Gasteiger partial charge in [0.1, 0.15) is 17.2 Å². The average Bonchev–Trinajstić information content (AvgIpc) is 3.44. The molecule has 0 bridgehead atoms. The van der Waals surface area contributed by atoms with Gasteiger partial charge in [-0.15, -0.1) is 0 Å². The number of halogens is 4. The zero-order valence-corrected chi connectivity index (χ0v) is 22.8. The number of nitrogens with two attached hydrogens (primary N) is 2. The molecular weight excluding hydrogens is 549 g/mol. The predicted molar refractivity (Wildman–Crippen MR) is 149 cm³/mol. The van der Waals surface area contributed by atoms with Crippen molar-refractivity contribution >= 4 is 56.8 Å². The van der Waals surface area contributed by atoms with Crippen molar-refractivity contribution in [1.82, 2.24) is 19.9 Å². The van der Waals surface area contributed by atoms with Crippen LogP contribution >= 0.6 is 23.4 Å². The predicted octanol–water partition coefficient (Wildman–Crippen LogP) is 4.82. The summed E-state index contributed by atoms with van der Waals surface area (Å²) in [7, 11) is 0. The second-order valence-corrected chi connectivity index (χ2v) is 11.6. The number of aryl methyl sites for hydroxylation is 1. The van der Waals surface area contributed by atoms with Gasteiger partial charge < -0.3 is 26.3 Å². The molecule has 0 aliphatic carbocycles. The van der Waals surface area contributed by atoms with Gasteiger partial charge >= 0.3 is 6.18 Å². The summed E-state index contributed by atoms with van der Waals surface area (Å²) in [5.74, 6) is 0.989. The van der Waals surface area contributed by atoms with Gasteiger partial charge in [0.25, 0.3) is 0 Å². The lowest BCUT2D eigenvalue weighted by Gasteiger charge is -2.41. The summed E-state index contributed by atoms with van der Waals surface area (Å²) >= 11 is 7.97. The van der Waals surface area contributed by atoms with Crippen LogP contribution in [0.3, 0.4) is 0 Å². The molecular formula is C26H28ClF3N8S. The highest BCUT2D eigenvalue weighted by Gasteiger charge is 2.35. The number of benzene rings is 1. The van der Waals surface area contributed by atoms with Crippen LogP contribution in [0.5, 0.6) is 0 Å². The molecule has 2 aliphatic heterocycles. The van der Waals surface area contributed by atoms with E-state index < -0.39 is 11.9 Å². The van der Waals surface area contributed by atoms with Gasteiger partial charge in [0, 0.05) is 59.8 Å². The molecule has 0 unspecified atom stereocenters. The lowest BCUT2D eigenvalue weighted by atomic mass is 9.98. The number of alkyl halides is 3. The first-order chi connectivity index (χ1) is 18.6. The first-order valence-electron chi connectivity index (χ1n) is 12.9. The third kappa shape index (κ3) is 4.88. The van der Waals surface area contributed by atoms with Gasteiger partial charge in [0.2, 0.25) is 0 Å². The van der Waals surface area contributed by atoms with Crippen molar-refractivity contribution in [2.75, 3.05) is 42.5 Å². The molecule has 2 aliphatic rings. The van der Waals surface area contributed by atoms with Crippen LogP contribution in [0.25, 0.3) is 21.9 Å². The smallest absolute Gasteiger partial charge is 0.370 e. The van der Waals surface area contributed by atoms with Gasteiger partial charge in [0.15, 0.2) is 5.16 Å². The summed E-state index contributed by atoms with van der Waals surface area (Å²) < 4.78 is 41.2. The highest BCUT2D eigenvalue weighted by molar-refractivity contribution is 7.99. The number of nitrogens with one attached hydrogen (secondary N) is 1. The molecule has 4 aromatic rings. The van der Waals surface area contributed by atoms with Crippen molar-refractivity contribution in [1.29, 1.82) is 0 Å². The highest BCUT2D eigenvalue weighted by atomic mass is 35.5. The van der Waals surface area contributed by atoms with E-state index >= 15 is 0 Å². The maximum atomic E-state index is 13.7. The van der Waals surface area contributed by atoms with Crippen molar-refractivity contribution in [2.45, 2.75) is 42.0 Å². The van der Waals surface area contributed by atoms with Crippen LogP contribution in [0.4, 0.5) is 24.7 Å². The van der Waals surface area contributed by atoms with E-state index in [4.69, 9.17) is 33.0 Å². The fourth-order valence-electron chi connectivity index (χ4n) is 5.25. The molecule has 206 valence electrons. The van der Waals surface area contributed by atoms with Crippen molar-refractivity contribution in [3.05, 3.63) is 40.7 Å². The normalized spacial score (nSPS) is 18.5. The molecule has 13 heteroatoms. The summed E-state index contributed by atoms with van der Waals surface area (Å²) in [4.78, 5) is 21.6. The SMILES string of the molecule is CCc1[nH]c2nc(Sc3ccc4c(N5CC(CN)C5)cc(C(F)(F)F)nc4c3)nc(N3CC[C@@H](N)C3)c2c1Cl. The Morgan fingerprint density at radius 2 is 1.92 bits per heavy atom. The van der Waals surface area contributed by atoms with Crippen molar-refractivity contribution in [3.8, 4) is 0 Å². The van der Waals surface area contributed by atoms with Gasteiger partial charge in [-0.1, -0.05) is 18.5 Å². The van der Waals surface area contributed by atoms with E-state index in [1.165, 1.54) is 11.8 Å².